The number of hydrogen-bond donors (Lipinski definition) is 1. The van der Waals surface area contributed by atoms with Crippen LogP contribution in [0.2, 0.25) is 10.0 Å². The summed E-state index contributed by atoms with van der Waals surface area (Å²) in [6.07, 6.45) is 1.80. The number of nitrogens with one attached hydrogen (secondary N) is 1. The largest absolute Gasteiger partial charge is 0.487 e. The second-order valence-electron chi connectivity index (χ2n) is 6.80. The van der Waals surface area contributed by atoms with E-state index in [1.54, 1.807) is 30.3 Å². The van der Waals surface area contributed by atoms with Gasteiger partial charge in [-0.05, 0) is 117 Å². The summed E-state index contributed by atoms with van der Waals surface area (Å²) in [7, 11) is 0. The Morgan fingerprint density at radius 3 is 2.42 bits per heavy atom. The van der Waals surface area contributed by atoms with E-state index in [0.717, 1.165) is 24.0 Å². The number of carbonyl (C=O) groups is 1. The van der Waals surface area contributed by atoms with Gasteiger partial charge in [0.2, 0.25) is 0 Å². The van der Waals surface area contributed by atoms with Gasteiger partial charge in [0.05, 0.1) is 17.7 Å². The van der Waals surface area contributed by atoms with Crippen molar-refractivity contribution in [1.29, 1.82) is 0 Å². The number of nitrogens with zero attached hydrogens (tertiary/aromatic N) is 1. The van der Waals surface area contributed by atoms with Crippen molar-refractivity contribution in [3.8, 4) is 5.75 Å². The van der Waals surface area contributed by atoms with Crippen molar-refractivity contribution in [2.24, 2.45) is 4.99 Å². The minimum atomic E-state index is -0.337. The maximum Gasteiger partial charge on any atom is 0.264 e. The van der Waals surface area contributed by atoms with E-state index >= 15 is 0 Å². The molecule has 0 saturated carbocycles. The third-order valence-corrected chi connectivity index (χ3v) is 7.51. The van der Waals surface area contributed by atoms with Gasteiger partial charge in [0.25, 0.3) is 5.91 Å². The van der Waals surface area contributed by atoms with Crippen LogP contribution in [0.5, 0.6) is 5.75 Å². The van der Waals surface area contributed by atoms with Crippen LogP contribution in [0.15, 0.2) is 64.5 Å². The van der Waals surface area contributed by atoms with Crippen LogP contribution in [0.25, 0.3) is 6.08 Å². The first-order valence-corrected chi connectivity index (χ1v) is 13.1. The molecule has 1 amide bonds. The van der Waals surface area contributed by atoms with Crippen molar-refractivity contribution in [3.05, 3.63) is 93.6 Å². The number of carbonyl (C=O) groups excluding carboxylic acids is 1. The monoisotopic (exact) mass is 724 g/mol. The average Bonchev–Trinajstić information content (AvgIpc) is 3.09. The fraction of sp³-hybridized carbons (Fsp3) is 0.0435. The zero-order valence-electron chi connectivity index (χ0n) is 16.5. The molecular formula is C23H13Cl2FI2N2O2S. The average molecular weight is 725 g/mol. The normalized spacial score (nSPS) is 15.8. The Labute approximate surface area is 231 Å². The Morgan fingerprint density at radius 1 is 1.06 bits per heavy atom. The van der Waals surface area contributed by atoms with Gasteiger partial charge < -0.3 is 10.1 Å². The molecule has 33 heavy (non-hydrogen) atoms. The Kier molecular flexibility index (Phi) is 8.21. The van der Waals surface area contributed by atoms with Crippen LogP contribution in [-0.2, 0) is 11.4 Å². The lowest BCUT2D eigenvalue weighted by molar-refractivity contribution is -0.115. The number of ether oxygens (including phenoxy) is 1. The lowest BCUT2D eigenvalue weighted by Crippen LogP contribution is -2.19. The van der Waals surface area contributed by atoms with E-state index in [-0.39, 0.29) is 11.7 Å². The molecule has 4 nitrogen and oxygen atoms in total. The molecule has 1 fully saturated rings. The maximum absolute atomic E-state index is 13.1. The smallest absolute Gasteiger partial charge is 0.264 e. The lowest BCUT2D eigenvalue weighted by Gasteiger charge is -2.12. The SMILES string of the molecule is O=C1NC(=Nc2ccc(F)cc2)S/C1=C/c1cc(I)c(OCc2ccc(Cl)cc2Cl)c(I)c1. The van der Waals surface area contributed by atoms with Crippen molar-refractivity contribution < 1.29 is 13.9 Å². The number of thioether (sulfide) groups is 1. The zero-order valence-corrected chi connectivity index (χ0v) is 23.2. The molecule has 1 saturated heterocycles. The van der Waals surface area contributed by atoms with Crippen molar-refractivity contribution >= 4 is 103 Å². The highest BCUT2D eigenvalue weighted by molar-refractivity contribution is 14.1. The molecule has 1 N–H and O–H groups in total. The number of benzene rings is 3. The molecule has 0 spiro atoms. The van der Waals surface area contributed by atoms with Crippen LogP contribution in [0.1, 0.15) is 11.1 Å². The maximum atomic E-state index is 13.1. The summed E-state index contributed by atoms with van der Waals surface area (Å²) >= 11 is 17.8. The van der Waals surface area contributed by atoms with E-state index in [0.29, 0.717) is 32.4 Å². The number of aliphatic imine (C=N–C) groups is 1. The third-order valence-electron chi connectivity index (χ3n) is 4.41. The van der Waals surface area contributed by atoms with E-state index in [4.69, 9.17) is 27.9 Å². The lowest BCUT2D eigenvalue weighted by atomic mass is 10.2. The molecule has 0 aliphatic carbocycles. The minimum absolute atomic E-state index is 0.233. The van der Waals surface area contributed by atoms with Gasteiger partial charge in [0.1, 0.15) is 18.2 Å². The number of amides is 1. The number of amidine groups is 1. The van der Waals surface area contributed by atoms with Gasteiger partial charge >= 0.3 is 0 Å². The molecule has 3 aromatic carbocycles. The fourth-order valence-electron chi connectivity index (χ4n) is 2.85. The first kappa shape index (κ1) is 24.8. The van der Waals surface area contributed by atoms with Crippen LogP contribution in [-0.4, -0.2) is 11.1 Å². The summed E-state index contributed by atoms with van der Waals surface area (Å²) in [4.78, 5) is 17.3. The molecule has 3 aromatic rings. The second-order valence-corrected chi connectivity index (χ2v) is 11.0. The molecule has 10 heteroatoms. The van der Waals surface area contributed by atoms with Gasteiger partial charge in [-0.1, -0.05) is 29.3 Å². The molecule has 0 unspecified atom stereocenters. The van der Waals surface area contributed by atoms with Crippen LogP contribution in [0, 0.1) is 13.0 Å². The van der Waals surface area contributed by atoms with E-state index in [1.807, 2.05) is 18.2 Å². The van der Waals surface area contributed by atoms with Crippen molar-refractivity contribution in [1.82, 2.24) is 5.32 Å². The molecule has 1 aliphatic rings. The van der Waals surface area contributed by atoms with Crippen molar-refractivity contribution in [2.45, 2.75) is 6.61 Å². The van der Waals surface area contributed by atoms with Crippen LogP contribution in [0.4, 0.5) is 10.1 Å². The third kappa shape index (κ3) is 6.41. The summed E-state index contributed by atoms with van der Waals surface area (Å²) in [5, 5.41) is 4.31. The van der Waals surface area contributed by atoms with Crippen LogP contribution >= 0.6 is 80.1 Å². The highest BCUT2D eigenvalue weighted by Crippen LogP contribution is 2.33. The van der Waals surface area contributed by atoms with Crippen LogP contribution in [0.3, 0.4) is 0 Å². The number of hydrogen-bond acceptors (Lipinski definition) is 4. The zero-order chi connectivity index (χ0) is 23.5. The van der Waals surface area contributed by atoms with Gasteiger partial charge in [-0.2, -0.15) is 0 Å². The number of rotatable bonds is 5. The van der Waals surface area contributed by atoms with Gasteiger partial charge in [-0.25, -0.2) is 9.38 Å². The van der Waals surface area contributed by atoms with Gasteiger partial charge in [0, 0.05) is 15.6 Å². The molecule has 168 valence electrons. The van der Waals surface area contributed by atoms with Crippen molar-refractivity contribution in [2.75, 3.05) is 0 Å². The topological polar surface area (TPSA) is 50.7 Å². The first-order chi connectivity index (χ1) is 15.8. The molecule has 1 heterocycles. The van der Waals surface area contributed by atoms with E-state index in [1.165, 1.54) is 23.9 Å². The van der Waals surface area contributed by atoms with Gasteiger partial charge in [0.15, 0.2) is 5.17 Å². The van der Waals surface area contributed by atoms with Crippen LogP contribution < -0.4 is 10.1 Å². The van der Waals surface area contributed by atoms with E-state index in [9.17, 15) is 9.18 Å². The second kappa shape index (κ2) is 10.9. The molecule has 0 bridgehead atoms. The highest BCUT2D eigenvalue weighted by atomic mass is 127. The molecular weight excluding hydrogens is 712 g/mol. The standard InChI is InChI=1S/C23H13Cl2FI2N2O2S/c24-14-2-1-13(17(25)10-14)11-32-21-18(27)7-12(8-19(21)28)9-20-22(31)30-23(33-20)29-16-5-3-15(26)4-6-16/h1-10H,11H2,(H,29,30,31)/b20-9+. The Balaban J connectivity index is 1.50. The Bertz CT molecular complexity index is 1280. The van der Waals surface area contributed by atoms with Crippen molar-refractivity contribution in [3.63, 3.8) is 0 Å². The molecule has 1 aliphatic heterocycles. The Hall–Kier alpha value is -1.34. The van der Waals surface area contributed by atoms with E-state index < -0.39 is 0 Å². The Morgan fingerprint density at radius 2 is 1.76 bits per heavy atom. The molecule has 0 aromatic heterocycles. The highest BCUT2D eigenvalue weighted by Gasteiger charge is 2.24. The fourth-order valence-corrected chi connectivity index (χ4v) is 6.29. The summed E-state index contributed by atoms with van der Waals surface area (Å²) in [5.41, 5.74) is 2.26. The molecule has 0 radical (unpaired) electrons. The predicted octanol–water partition coefficient (Wildman–Crippen LogP) is 7.81. The summed E-state index contributed by atoms with van der Waals surface area (Å²) in [6, 6.07) is 14.9. The minimum Gasteiger partial charge on any atom is -0.487 e. The quantitative estimate of drug-likeness (QED) is 0.216. The summed E-state index contributed by atoms with van der Waals surface area (Å²) in [6.45, 7) is 0.309. The molecule has 0 atom stereocenters. The van der Waals surface area contributed by atoms with Gasteiger partial charge in [-0.3, -0.25) is 4.79 Å². The summed E-state index contributed by atoms with van der Waals surface area (Å²) in [5.74, 6) is 0.172. The summed E-state index contributed by atoms with van der Waals surface area (Å²) < 4.78 is 20.9. The number of halogens is 5. The van der Waals surface area contributed by atoms with Gasteiger partial charge in [-0.15, -0.1) is 0 Å². The van der Waals surface area contributed by atoms with E-state index in [2.05, 4.69) is 55.5 Å². The predicted molar refractivity (Wildman–Crippen MR) is 150 cm³/mol. The first-order valence-electron chi connectivity index (χ1n) is 9.39. The molecule has 4 rings (SSSR count).